The number of amides is 2. The highest BCUT2D eigenvalue weighted by Gasteiger charge is 2.33. The van der Waals surface area contributed by atoms with Gasteiger partial charge in [-0.3, -0.25) is 14.5 Å². The molecule has 0 spiro atoms. The molecular formula is C23H22N6O3. The third-order valence-corrected chi connectivity index (χ3v) is 4.98. The van der Waals surface area contributed by atoms with Gasteiger partial charge in [0.25, 0.3) is 0 Å². The molecule has 0 radical (unpaired) electrons. The summed E-state index contributed by atoms with van der Waals surface area (Å²) in [5, 5.41) is 5.82. The van der Waals surface area contributed by atoms with E-state index in [1.165, 1.54) is 6.08 Å². The van der Waals surface area contributed by atoms with Gasteiger partial charge >= 0.3 is 0 Å². The number of hydrogen-bond acceptors (Lipinski definition) is 7. The fourth-order valence-electron chi connectivity index (χ4n) is 3.41. The van der Waals surface area contributed by atoms with Crippen molar-refractivity contribution in [3.05, 3.63) is 67.0 Å². The standard InChI is InChI=1S/C23H22N6O3/c1-4-19(30)26-16-6-5-7-18(11-16)29-21-15(10-14(2)22(29)31)12-25-23(28-21)27-17-8-9-20(32-3)24-13-17/h4-9,11-14H,1,10H2,2-3H3,(H,26,30)(H,25,27,28). The van der Waals surface area contributed by atoms with Crippen molar-refractivity contribution < 1.29 is 14.3 Å². The van der Waals surface area contributed by atoms with E-state index in [4.69, 9.17) is 4.74 Å². The van der Waals surface area contributed by atoms with Crippen molar-refractivity contribution in [1.29, 1.82) is 0 Å². The zero-order valence-corrected chi connectivity index (χ0v) is 17.7. The van der Waals surface area contributed by atoms with Crippen LogP contribution in [0.5, 0.6) is 5.88 Å². The summed E-state index contributed by atoms with van der Waals surface area (Å²) < 4.78 is 5.07. The topological polar surface area (TPSA) is 109 Å². The first-order valence-corrected chi connectivity index (χ1v) is 9.99. The van der Waals surface area contributed by atoms with Crippen LogP contribution in [0.25, 0.3) is 0 Å². The number of fused-ring (bicyclic) bond motifs is 1. The third kappa shape index (κ3) is 4.27. The second-order valence-corrected chi connectivity index (χ2v) is 7.28. The van der Waals surface area contributed by atoms with Gasteiger partial charge < -0.3 is 15.4 Å². The van der Waals surface area contributed by atoms with Crippen LogP contribution in [0.4, 0.5) is 28.8 Å². The Morgan fingerprint density at radius 2 is 2.06 bits per heavy atom. The number of aromatic nitrogens is 3. The van der Waals surface area contributed by atoms with Crippen LogP contribution in [0.1, 0.15) is 12.5 Å². The Morgan fingerprint density at radius 1 is 1.22 bits per heavy atom. The molecule has 2 N–H and O–H groups in total. The van der Waals surface area contributed by atoms with Gasteiger partial charge in [-0.05, 0) is 36.8 Å². The van der Waals surface area contributed by atoms with E-state index in [1.54, 1.807) is 60.8 Å². The molecule has 2 amide bonds. The molecule has 0 saturated heterocycles. The number of carbonyl (C=O) groups excluding carboxylic acids is 2. The largest absolute Gasteiger partial charge is 0.481 e. The van der Waals surface area contributed by atoms with Gasteiger partial charge in [0.05, 0.1) is 24.7 Å². The van der Waals surface area contributed by atoms with Gasteiger partial charge in [0.15, 0.2) is 0 Å². The highest BCUT2D eigenvalue weighted by molar-refractivity contribution is 6.04. The minimum atomic E-state index is -0.331. The quantitative estimate of drug-likeness (QED) is 0.575. The van der Waals surface area contributed by atoms with E-state index < -0.39 is 0 Å². The van der Waals surface area contributed by atoms with E-state index in [1.807, 2.05) is 6.92 Å². The second kappa shape index (κ2) is 8.84. The average molecular weight is 430 g/mol. The maximum absolute atomic E-state index is 13.1. The number of methoxy groups -OCH3 is 1. The zero-order valence-electron chi connectivity index (χ0n) is 17.7. The average Bonchev–Trinajstić information content (AvgIpc) is 2.81. The molecule has 2 aromatic heterocycles. The van der Waals surface area contributed by atoms with E-state index in [0.717, 1.165) is 5.56 Å². The number of ether oxygens (including phenoxy) is 1. The molecule has 0 saturated carbocycles. The molecule has 0 aliphatic carbocycles. The number of hydrogen-bond donors (Lipinski definition) is 2. The zero-order chi connectivity index (χ0) is 22.7. The first-order chi connectivity index (χ1) is 15.5. The normalized spacial score (nSPS) is 15.0. The lowest BCUT2D eigenvalue weighted by atomic mass is 9.96. The van der Waals surface area contributed by atoms with Gasteiger partial charge in [-0.2, -0.15) is 4.98 Å². The Hall–Kier alpha value is -4.27. The van der Waals surface area contributed by atoms with Crippen molar-refractivity contribution in [2.24, 2.45) is 5.92 Å². The van der Waals surface area contributed by atoms with Gasteiger partial charge in [-0.1, -0.05) is 19.6 Å². The van der Waals surface area contributed by atoms with Gasteiger partial charge in [0, 0.05) is 29.4 Å². The van der Waals surface area contributed by atoms with Crippen LogP contribution in [-0.4, -0.2) is 33.9 Å². The molecule has 9 heteroatoms. The maximum atomic E-state index is 13.1. The summed E-state index contributed by atoms with van der Waals surface area (Å²) in [5.74, 6) is 0.680. The number of rotatable bonds is 6. The summed E-state index contributed by atoms with van der Waals surface area (Å²) in [6.45, 7) is 5.33. The first-order valence-electron chi connectivity index (χ1n) is 9.99. The molecular weight excluding hydrogens is 408 g/mol. The summed E-state index contributed by atoms with van der Waals surface area (Å²) in [6, 6.07) is 10.6. The molecule has 0 bridgehead atoms. The lowest BCUT2D eigenvalue weighted by Gasteiger charge is -2.32. The van der Waals surface area contributed by atoms with Gasteiger partial charge in [-0.25, -0.2) is 9.97 Å². The van der Waals surface area contributed by atoms with Crippen LogP contribution in [0.3, 0.4) is 0 Å². The predicted molar refractivity (Wildman–Crippen MR) is 121 cm³/mol. The smallest absolute Gasteiger partial charge is 0.247 e. The van der Waals surface area contributed by atoms with Crippen molar-refractivity contribution in [3.8, 4) is 5.88 Å². The molecule has 4 rings (SSSR count). The first kappa shape index (κ1) is 21.0. The number of nitrogens with one attached hydrogen (secondary N) is 2. The Balaban J connectivity index is 1.69. The van der Waals surface area contributed by atoms with E-state index in [2.05, 4.69) is 32.2 Å². The minimum absolute atomic E-state index is 0.0829. The van der Waals surface area contributed by atoms with Crippen molar-refractivity contribution in [2.45, 2.75) is 13.3 Å². The number of carbonyl (C=O) groups is 2. The van der Waals surface area contributed by atoms with E-state index in [0.29, 0.717) is 41.1 Å². The van der Waals surface area contributed by atoms with Gasteiger partial charge in [-0.15, -0.1) is 0 Å². The molecule has 1 aliphatic heterocycles. The number of pyridine rings is 1. The van der Waals surface area contributed by atoms with Crippen LogP contribution in [0, 0.1) is 5.92 Å². The monoisotopic (exact) mass is 430 g/mol. The van der Waals surface area contributed by atoms with Crippen LogP contribution >= 0.6 is 0 Å². The Kier molecular flexibility index (Phi) is 5.80. The lowest BCUT2D eigenvalue weighted by molar-refractivity contribution is -0.121. The Bertz CT molecular complexity index is 1180. The second-order valence-electron chi connectivity index (χ2n) is 7.28. The molecule has 32 heavy (non-hydrogen) atoms. The molecule has 162 valence electrons. The molecule has 0 fully saturated rings. The summed E-state index contributed by atoms with van der Waals surface area (Å²) in [4.78, 5) is 39.6. The van der Waals surface area contributed by atoms with Crippen LogP contribution in [-0.2, 0) is 16.0 Å². The van der Waals surface area contributed by atoms with Crippen molar-refractivity contribution in [2.75, 3.05) is 22.6 Å². The Labute approximate surface area is 185 Å². The molecule has 1 aromatic carbocycles. The molecule has 3 heterocycles. The third-order valence-electron chi connectivity index (χ3n) is 4.98. The van der Waals surface area contributed by atoms with Crippen molar-refractivity contribution in [3.63, 3.8) is 0 Å². The van der Waals surface area contributed by atoms with Crippen LogP contribution in [0.2, 0.25) is 0 Å². The summed E-state index contributed by atoms with van der Waals surface area (Å²) in [6.07, 6.45) is 5.07. The number of nitrogens with zero attached hydrogens (tertiary/aromatic N) is 4. The van der Waals surface area contributed by atoms with Gasteiger partial charge in [0.2, 0.25) is 23.6 Å². The highest BCUT2D eigenvalue weighted by atomic mass is 16.5. The molecule has 9 nitrogen and oxygen atoms in total. The van der Waals surface area contributed by atoms with E-state index in [9.17, 15) is 9.59 Å². The van der Waals surface area contributed by atoms with Crippen molar-refractivity contribution in [1.82, 2.24) is 15.0 Å². The fraction of sp³-hybridized carbons (Fsp3) is 0.174. The SMILES string of the molecule is C=CC(=O)Nc1cccc(N2C(=O)C(C)Cc3cnc(Nc4ccc(OC)nc4)nc32)c1. The Morgan fingerprint density at radius 3 is 2.78 bits per heavy atom. The van der Waals surface area contributed by atoms with Gasteiger partial charge in [0.1, 0.15) is 5.82 Å². The summed E-state index contributed by atoms with van der Waals surface area (Å²) in [7, 11) is 1.55. The lowest BCUT2D eigenvalue weighted by Crippen LogP contribution is -2.37. The van der Waals surface area contributed by atoms with Crippen molar-refractivity contribution >= 4 is 40.6 Å². The summed E-state index contributed by atoms with van der Waals surface area (Å²) in [5.41, 5.74) is 2.69. The fourth-order valence-corrected chi connectivity index (χ4v) is 3.41. The number of anilines is 5. The van der Waals surface area contributed by atoms with Crippen LogP contribution in [0.15, 0.2) is 61.4 Å². The number of benzene rings is 1. The predicted octanol–water partition coefficient (Wildman–Crippen LogP) is 3.61. The maximum Gasteiger partial charge on any atom is 0.247 e. The van der Waals surface area contributed by atoms with E-state index >= 15 is 0 Å². The molecule has 3 aromatic rings. The molecule has 1 unspecified atom stereocenters. The molecule has 1 aliphatic rings. The minimum Gasteiger partial charge on any atom is -0.481 e. The highest BCUT2D eigenvalue weighted by Crippen LogP contribution is 2.36. The van der Waals surface area contributed by atoms with E-state index in [-0.39, 0.29) is 17.7 Å². The van der Waals surface area contributed by atoms with Crippen LogP contribution < -0.4 is 20.3 Å². The summed E-state index contributed by atoms with van der Waals surface area (Å²) >= 11 is 0. The molecule has 1 atom stereocenters.